The minimum absolute atomic E-state index is 0.639. The Balaban J connectivity index is 0.000000163. The van der Waals surface area contributed by atoms with Crippen molar-refractivity contribution in [1.82, 2.24) is 41.2 Å². The van der Waals surface area contributed by atoms with Crippen LogP contribution in [-0.2, 0) is 15.4 Å². The Bertz CT molecular complexity index is 1390. The summed E-state index contributed by atoms with van der Waals surface area (Å²) in [7, 11) is 9.81. The molecule has 274 valence electrons. The third-order valence-electron chi connectivity index (χ3n) is 9.43. The summed E-state index contributed by atoms with van der Waals surface area (Å²) in [6.07, 6.45) is 7.58. The van der Waals surface area contributed by atoms with Gasteiger partial charge >= 0.3 is 34.7 Å². The molecule has 0 aliphatic carbocycles. The number of hydrogen-bond donors (Lipinski definition) is 4. The van der Waals surface area contributed by atoms with Gasteiger partial charge in [-0.2, -0.15) is 0 Å². The van der Waals surface area contributed by atoms with E-state index in [9.17, 15) is 0 Å². The smallest absolute Gasteiger partial charge is 0.0907 e. The molecule has 12 nitrogen and oxygen atoms in total. The molecule has 0 atom stereocenters. The SMILES string of the molecule is [Cl][Os][Cl].c1cc(N2CCNCC2)cc(-c2cc(N3CCNCC3)ccn2)n1.c1cc(N2CCNCC2)cc(-c2cc(N3CCNCC3)ccn2)n1. The number of halogens is 2. The zero-order chi connectivity index (χ0) is 35.1. The monoisotopic (exact) mass is 910 g/mol. The number of hydrogen-bond acceptors (Lipinski definition) is 12. The molecule has 4 aliphatic rings. The molecule has 8 rings (SSSR count). The normalized spacial score (nSPS) is 18.0. The Kier molecular flexibility index (Phi) is 14.9. The van der Waals surface area contributed by atoms with Crippen LogP contribution in [0.15, 0.2) is 73.3 Å². The fraction of sp³-hybridized carbons (Fsp3) is 0.444. The molecule has 0 aromatic carbocycles. The van der Waals surface area contributed by atoms with Gasteiger partial charge in [0.2, 0.25) is 0 Å². The summed E-state index contributed by atoms with van der Waals surface area (Å²) in [6, 6.07) is 17.0. The molecule has 0 spiro atoms. The van der Waals surface area contributed by atoms with E-state index in [-0.39, 0.29) is 0 Å². The molecule has 4 saturated heterocycles. The van der Waals surface area contributed by atoms with Gasteiger partial charge in [0.05, 0.1) is 22.8 Å². The summed E-state index contributed by atoms with van der Waals surface area (Å²) in [6.45, 7) is 16.6. The van der Waals surface area contributed by atoms with Crippen molar-refractivity contribution in [2.45, 2.75) is 0 Å². The second kappa shape index (κ2) is 20.2. The van der Waals surface area contributed by atoms with E-state index in [1.807, 2.05) is 24.8 Å². The maximum Gasteiger partial charge on any atom is 0.0907 e. The summed E-state index contributed by atoms with van der Waals surface area (Å²) < 4.78 is 0. The molecule has 15 heteroatoms. The van der Waals surface area contributed by atoms with Gasteiger partial charge in [0.25, 0.3) is 0 Å². The Morgan fingerprint density at radius 3 is 0.784 bits per heavy atom. The minimum Gasteiger partial charge on any atom is -0.369 e. The Hall–Kier alpha value is -3.14. The molecule has 0 bridgehead atoms. The van der Waals surface area contributed by atoms with E-state index >= 15 is 0 Å². The summed E-state index contributed by atoms with van der Waals surface area (Å²) in [4.78, 5) is 27.8. The number of aromatic nitrogens is 4. The van der Waals surface area contributed by atoms with Crippen LogP contribution in [-0.4, -0.2) is 125 Å². The number of nitrogens with one attached hydrogen (secondary N) is 4. The molecular formula is C36H48Cl2N12Os. The number of anilines is 4. The van der Waals surface area contributed by atoms with Gasteiger partial charge in [-0.3, -0.25) is 19.9 Å². The average molecular weight is 910 g/mol. The van der Waals surface area contributed by atoms with Crippen molar-refractivity contribution in [3.05, 3.63) is 73.3 Å². The van der Waals surface area contributed by atoms with Crippen LogP contribution in [0.3, 0.4) is 0 Å². The van der Waals surface area contributed by atoms with Crippen molar-refractivity contribution in [3.8, 4) is 22.8 Å². The van der Waals surface area contributed by atoms with Crippen molar-refractivity contribution in [3.63, 3.8) is 0 Å². The third kappa shape index (κ3) is 10.9. The van der Waals surface area contributed by atoms with E-state index in [0.29, 0.717) is 0 Å². The molecule has 51 heavy (non-hydrogen) atoms. The topological polar surface area (TPSA) is 113 Å². The van der Waals surface area contributed by atoms with Crippen LogP contribution in [0.5, 0.6) is 0 Å². The first-order valence-corrected chi connectivity index (χ1v) is 24.0. The summed E-state index contributed by atoms with van der Waals surface area (Å²) in [5.74, 6) is 0. The molecule has 0 amide bonds. The summed E-state index contributed by atoms with van der Waals surface area (Å²) in [5, 5.41) is 13.6. The van der Waals surface area contributed by atoms with Gasteiger partial charge in [-0.25, -0.2) is 0 Å². The van der Waals surface area contributed by atoms with Crippen molar-refractivity contribution in [2.75, 3.05) is 124 Å². The molecule has 8 heterocycles. The second-order valence-corrected chi connectivity index (χ2v) is 16.3. The zero-order valence-corrected chi connectivity index (χ0v) is 33.0. The van der Waals surface area contributed by atoms with Gasteiger partial charge in [0.15, 0.2) is 0 Å². The molecule has 4 N–H and O–H groups in total. The summed E-state index contributed by atoms with van der Waals surface area (Å²) >= 11 is -0.639. The number of piperazine rings is 4. The van der Waals surface area contributed by atoms with Gasteiger partial charge in [-0.1, -0.05) is 0 Å². The third-order valence-corrected chi connectivity index (χ3v) is 9.43. The number of pyridine rings is 4. The maximum absolute atomic E-state index is 4.90. The fourth-order valence-electron chi connectivity index (χ4n) is 6.72. The minimum atomic E-state index is -0.639. The van der Waals surface area contributed by atoms with Crippen LogP contribution < -0.4 is 40.9 Å². The van der Waals surface area contributed by atoms with Crippen LogP contribution in [0.2, 0.25) is 0 Å². The van der Waals surface area contributed by atoms with Crippen LogP contribution in [0.4, 0.5) is 22.7 Å². The molecule has 4 aromatic heterocycles. The Morgan fingerprint density at radius 1 is 0.392 bits per heavy atom. The Morgan fingerprint density at radius 2 is 0.588 bits per heavy atom. The zero-order valence-electron chi connectivity index (χ0n) is 28.9. The maximum atomic E-state index is 4.90. The fourth-order valence-corrected chi connectivity index (χ4v) is 6.72. The first-order chi connectivity index (χ1) is 25.2. The van der Waals surface area contributed by atoms with E-state index < -0.39 is 15.4 Å². The molecule has 4 fully saturated rings. The van der Waals surface area contributed by atoms with Gasteiger partial charge in [0, 0.05) is 152 Å². The molecule has 0 radical (unpaired) electrons. The van der Waals surface area contributed by atoms with Gasteiger partial charge in [0.1, 0.15) is 0 Å². The van der Waals surface area contributed by atoms with Gasteiger partial charge in [-0.05, 0) is 48.5 Å². The molecule has 0 saturated carbocycles. The second-order valence-electron chi connectivity index (χ2n) is 12.6. The average Bonchev–Trinajstić information content (AvgIpc) is 3.23. The van der Waals surface area contributed by atoms with Crippen LogP contribution >= 0.6 is 19.3 Å². The molecule has 0 unspecified atom stereocenters. The molecular weight excluding hydrogens is 862 g/mol. The first-order valence-electron chi connectivity index (χ1n) is 17.7. The van der Waals surface area contributed by atoms with Crippen LogP contribution in [0.1, 0.15) is 0 Å². The van der Waals surface area contributed by atoms with E-state index in [1.165, 1.54) is 22.7 Å². The van der Waals surface area contributed by atoms with E-state index in [1.54, 1.807) is 0 Å². The van der Waals surface area contributed by atoms with Crippen molar-refractivity contribution < 1.29 is 15.4 Å². The van der Waals surface area contributed by atoms with E-state index in [0.717, 1.165) is 127 Å². The van der Waals surface area contributed by atoms with Gasteiger partial charge in [-0.15, -0.1) is 0 Å². The standard InChI is InChI=1S/2C18H24N6.2ClH.Os/c2*1-3-21-17(13-15(1)23-9-5-19-6-10-23)18-14-16(2-4-22-18)24-11-7-20-8-12-24;;;/h2*1-4,13-14,19-20H,5-12H2;2*1H;/q;;;;+2/p-2. The number of nitrogens with zero attached hydrogens (tertiary/aromatic N) is 8. The van der Waals surface area contributed by atoms with Crippen LogP contribution in [0, 0.1) is 0 Å². The predicted molar refractivity (Wildman–Crippen MR) is 207 cm³/mol. The van der Waals surface area contributed by atoms with Crippen LogP contribution in [0.25, 0.3) is 22.8 Å². The molecule has 4 aromatic rings. The van der Waals surface area contributed by atoms with Gasteiger partial charge < -0.3 is 40.9 Å². The van der Waals surface area contributed by atoms with Crippen molar-refractivity contribution in [2.24, 2.45) is 0 Å². The largest absolute Gasteiger partial charge is 0.369 e. The first kappa shape index (κ1) is 37.6. The van der Waals surface area contributed by atoms with E-state index in [2.05, 4.69) is 109 Å². The number of rotatable bonds is 6. The molecule has 4 aliphatic heterocycles. The Labute approximate surface area is 317 Å². The van der Waals surface area contributed by atoms with Crippen molar-refractivity contribution >= 4 is 42.0 Å². The quantitative estimate of drug-likeness (QED) is 0.228. The van der Waals surface area contributed by atoms with E-state index in [4.69, 9.17) is 19.3 Å². The summed E-state index contributed by atoms with van der Waals surface area (Å²) in [5.41, 5.74) is 8.72. The van der Waals surface area contributed by atoms with Crippen molar-refractivity contribution in [1.29, 1.82) is 0 Å². The predicted octanol–water partition coefficient (Wildman–Crippen LogP) is 3.30.